The van der Waals surface area contributed by atoms with Crippen LogP contribution in [0.2, 0.25) is 0 Å². The Labute approximate surface area is 172 Å². The van der Waals surface area contributed by atoms with Gasteiger partial charge < -0.3 is 10.2 Å². The second kappa shape index (κ2) is 8.24. The number of aromatic nitrogens is 1. The predicted molar refractivity (Wildman–Crippen MR) is 114 cm³/mol. The molecule has 1 atom stereocenters. The molecule has 1 aliphatic rings. The summed E-state index contributed by atoms with van der Waals surface area (Å²) in [5.41, 5.74) is 3.10. The number of amides is 2. The first-order valence-corrected chi connectivity index (χ1v) is 11.0. The van der Waals surface area contributed by atoms with Crippen molar-refractivity contribution >= 4 is 39.6 Å². The number of anilines is 1. The van der Waals surface area contributed by atoms with Gasteiger partial charge in [-0.2, -0.15) is 0 Å². The quantitative estimate of drug-likeness (QED) is 0.679. The minimum Gasteiger partial charge on any atom is -0.337 e. The maximum absolute atomic E-state index is 12.7. The molecule has 1 aliphatic heterocycles. The van der Waals surface area contributed by atoms with Gasteiger partial charge >= 0.3 is 0 Å². The molecular weight excluding hydrogens is 390 g/mol. The third-order valence-electron chi connectivity index (χ3n) is 4.89. The average Bonchev–Trinajstić information content (AvgIpc) is 3.40. The topological polar surface area (TPSA) is 62.3 Å². The number of piperidine rings is 1. The Morgan fingerprint density at radius 3 is 2.75 bits per heavy atom. The highest BCUT2D eigenvalue weighted by Gasteiger charge is 2.29. The number of likely N-dealkylation sites (tertiary alicyclic amines) is 1. The molecule has 4 rings (SSSR count). The summed E-state index contributed by atoms with van der Waals surface area (Å²) in [6, 6.07) is 11.9. The van der Waals surface area contributed by atoms with Crippen molar-refractivity contribution in [2.24, 2.45) is 5.92 Å². The van der Waals surface area contributed by atoms with Gasteiger partial charge in [-0.05, 0) is 31.2 Å². The second-order valence-electron chi connectivity index (χ2n) is 6.96. The van der Waals surface area contributed by atoms with E-state index in [2.05, 4.69) is 10.3 Å². The molecule has 1 saturated heterocycles. The van der Waals surface area contributed by atoms with E-state index in [1.54, 1.807) is 4.90 Å². The summed E-state index contributed by atoms with van der Waals surface area (Å²) in [7, 11) is 0. The van der Waals surface area contributed by atoms with E-state index in [-0.39, 0.29) is 17.7 Å². The van der Waals surface area contributed by atoms with Crippen molar-refractivity contribution in [2.75, 3.05) is 18.4 Å². The van der Waals surface area contributed by atoms with Crippen molar-refractivity contribution in [3.8, 4) is 11.3 Å². The van der Waals surface area contributed by atoms with Gasteiger partial charge in [0.25, 0.3) is 5.91 Å². The molecule has 1 aromatic carbocycles. The Bertz CT molecular complexity index is 964. The molecule has 2 aromatic heterocycles. The monoisotopic (exact) mass is 411 g/mol. The van der Waals surface area contributed by atoms with E-state index in [1.807, 2.05) is 54.1 Å². The predicted octanol–water partition coefficient (Wildman–Crippen LogP) is 4.67. The summed E-state index contributed by atoms with van der Waals surface area (Å²) in [6.45, 7) is 3.21. The Balaban J connectivity index is 1.39. The summed E-state index contributed by atoms with van der Waals surface area (Å²) in [4.78, 5) is 32.4. The van der Waals surface area contributed by atoms with Crippen LogP contribution >= 0.6 is 22.7 Å². The molecule has 0 unspecified atom stereocenters. The molecule has 0 bridgehead atoms. The molecule has 0 spiro atoms. The molecule has 0 saturated carbocycles. The van der Waals surface area contributed by atoms with Crippen molar-refractivity contribution < 1.29 is 9.59 Å². The van der Waals surface area contributed by atoms with Gasteiger partial charge in [0.15, 0.2) is 5.13 Å². The van der Waals surface area contributed by atoms with Crippen LogP contribution < -0.4 is 5.32 Å². The number of nitrogens with zero attached hydrogens (tertiary/aromatic N) is 2. The number of benzene rings is 1. The van der Waals surface area contributed by atoms with Gasteiger partial charge in [-0.1, -0.05) is 35.9 Å². The first-order chi connectivity index (χ1) is 13.6. The van der Waals surface area contributed by atoms with E-state index in [0.717, 1.165) is 29.0 Å². The number of hydrogen-bond acceptors (Lipinski definition) is 5. The largest absolute Gasteiger partial charge is 0.337 e. The second-order valence-corrected chi connectivity index (χ2v) is 8.77. The van der Waals surface area contributed by atoms with Crippen LogP contribution in [0.3, 0.4) is 0 Å². The Morgan fingerprint density at radius 2 is 2.00 bits per heavy atom. The molecule has 0 aliphatic carbocycles. The highest BCUT2D eigenvalue weighted by atomic mass is 32.1. The summed E-state index contributed by atoms with van der Waals surface area (Å²) in [6.07, 6.45) is 1.62. The van der Waals surface area contributed by atoms with Crippen molar-refractivity contribution in [2.45, 2.75) is 19.8 Å². The SMILES string of the molecule is Cc1ccc(-c2csc(NC(=O)[C@@H]3CCCN(C(=O)c4cccs4)C3)n2)cc1. The van der Waals surface area contributed by atoms with Crippen molar-refractivity contribution in [3.05, 3.63) is 57.6 Å². The molecule has 1 fully saturated rings. The van der Waals surface area contributed by atoms with Crippen LogP contribution in [0.15, 0.2) is 47.2 Å². The third-order valence-corrected chi connectivity index (χ3v) is 6.51. The lowest BCUT2D eigenvalue weighted by atomic mass is 9.97. The smallest absolute Gasteiger partial charge is 0.263 e. The van der Waals surface area contributed by atoms with Crippen molar-refractivity contribution in [1.82, 2.24) is 9.88 Å². The molecule has 1 N–H and O–H groups in total. The molecule has 3 aromatic rings. The van der Waals surface area contributed by atoms with Crippen LogP contribution in [0.25, 0.3) is 11.3 Å². The third kappa shape index (κ3) is 4.15. The molecular formula is C21H21N3O2S2. The minimum absolute atomic E-state index is 0.0170. The minimum atomic E-state index is -0.204. The van der Waals surface area contributed by atoms with Gasteiger partial charge in [-0.15, -0.1) is 22.7 Å². The van der Waals surface area contributed by atoms with Crippen LogP contribution in [0.4, 0.5) is 5.13 Å². The van der Waals surface area contributed by atoms with Crippen LogP contribution in [-0.2, 0) is 4.79 Å². The van der Waals surface area contributed by atoms with E-state index in [9.17, 15) is 9.59 Å². The lowest BCUT2D eigenvalue weighted by Crippen LogP contribution is -2.43. The number of thiazole rings is 1. The molecule has 28 heavy (non-hydrogen) atoms. The van der Waals surface area contributed by atoms with E-state index in [4.69, 9.17) is 0 Å². The fourth-order valence-electron chi connectivity index (χ4n) is 3.33. The van der Waals surface area contributed by atoms with Crippen LogP contribution in [0.5, 0.6) is 0 Å². The Kier molecular flexibility index (Phi) is 5.54. The fraction of sp³-hybridized carbons (Fsp3) is 0.286. The first kappa shape index (κ1) is 18.8. The highest BCUT2D eigenvalue weighted by molar-refractivity contribution is 7.14. The van der Waals surface area contributed by atoms with Crippen LogP contribution in [-0.4, -0.2) is 34.8 Å². The molecule has 0 radical (unpaired) electrons. The van der Waals surface area contributed by atoms with E-state index < -0.39 is 0 Å². The number of hydrogen-bond donors (Lipinski definition) is 1. The maximum Gasteiger partial charge on any atom is 0.263 e. The van der Waals surface area contributed by atoms with Gasteiger partial charge in [0, 0.05) is 24.0 Å². The zero-order valence-corrected chi connectivity index (χ0v) is 17.2. The summed E-state index contributed by atoms with van der Waals surface area (Å²) >= 11 is 2.86. The Morgan fingerprint density at radius 1 is 1.18 bits per heavy atom. The van der Waals surface area contributed by atoms with E-state index in [1.165, 1.54) is 28.2 Å². The summed E-state index contributed by atoms with van der Waals surface area (Å²) < 4.78 is 0. The van der Waals surface area contributed by atoms with E-state index in [0.29, 0.717) is 18.2 Å². The van der Waals surface area contributed by atoms with Crippen LogP contribution in [0.1, 0.15) is 28.1 Å². The number of rotatable bonds is 4. The molecule has 144 valence electrons. The van der Waals surface area contributed by atoms with Crippen LogP contribution in [0, 0.1) is 12.8 Å². The molecule has 2 amide bonds. The Hall–Kier alpha value is -2.51. The number of carbonyl (C=O) groups excluding carboxylic acids is 2. The first-order valence-electron chi connectivity index (χ1n) is 9.26. The maximum atomic E-state index is 12.7. The lowest BCUT2D eigenvalue weighted by Gasteiger charge is -2.31. The van der Waals surface area contributed by atoms with Gasteiger partial charge in [0.1, 0.15) is 0 Å². The van der Waals surface area contributed by atoms with Gasteiger partial charge in [0.05, 0.1) is 16.5 Å². The average molecular weight is 412 g/mol. The fourth-order valence-corrected chi connectivity index (χ4v) is 4.74. The van der Waals surface area contributed by atoms with Gasteiger partial charge in [0.2, 0.25) is 5.91 Å². The zero-order chi connectivity index (χ0) is 19.5. The lowest BCUT2D eigenvalue weighted by molar-refractivity contribution is -0.121. The number of nitrogens with one attached hydrogen (secondary N) is 1. The number of aryl methyl sites for hydroxylation is 1. The summed E-state index contributed by atoms with van der Waals surface area (Å²) in [5.74, 6) is -0.249. The number of thiophene rings is 1. The summed E-state index contributed by atoms with van der Waals surface area (Å²) in [5, 5.41) is 7.39. The molecule has 3 heterocycles. The number of carbonyl (C=O) groups is 2. The molecule has 7 heteroatoms. The zero-order valence-electron chi connectivity index (χ0n) is 15.6. The standard InChI is InChI=1S/C21H21N3O2S2/c1-14-6-8-15(9-7-14)17-13-28-21(22-17)23-19(25)16-4-2-10-24(12-16)20(26)18-5-3-11-27-18/h3,5-9,11,13,16H,2,4,10,12H2,1H3,(H,22,23,25)/t16-/m1/s1. The van der Waals surface area contributed by atoms with Crippen molar-refractivity contribution in [3.63, 3.8) is 0 Å². The van der Waals surface area contributed by atoms with Gasteiger partial charge in [-0.25, -0.2) is 4.98 Å². The normalized spacial score (nSPS) is 16.8. The van der Waals surface area contributed by atoms with E-state index >= 15 is 0 Å². The van der Waals surface area contributed by atoms with Crippen molar-refractivity contribution in [1.29, 1.82) is 0 Å². The highest BCUT2D eigenvalue weighted by Crippen LogP contribution is 2.27. The van der Waals surface area contributed by atoms with Gasteiger partial charge in [-0.3, -0.25) is 9.59 Å². The molecule has 5 nitrogen and oxygen atoms in total.